The lowest BCUT2D eigenvalue weighted by atomic mass is 10.1. The fourth-order valence-electron chi connectivity index (χ4n) is 4.60. The number of nitrogens with one attached hydrogen (secondary N) is 1. The maximum Gasteiger partial charge on any atom is 0.338 e. The van der Waals surface area contributed by atoms with Crippen molar-refractivity contribution in [3.63, 3.8) is 0 Å². The molecule has 0 atom stereocenters. The summed E-state index contributed by atoms with van der Waals surface area (Å²) in [6, 6.07) is 14.1. The summed E-state index contributed by atoms with van der Waals surface area (Å²) in [5, 5.41) is 2.92. The van der Waals surface area contributed by atoms with Crippen LogP contribution in [-0.4, -0.2) is 56.3 Å². The van der Waals surface area contributed by atoms with Gasteiger partial charge < -0.3 is 36.3 Å². The Hall–Kier alpha value is -2.38. The van der Waals surface area contributed by atoms with Gasteiger partial charge in [-0.15, -0.1) is 0 Å². The smallest absolute Gasteiger partial charge is 0.338 e. The van der Waals surface area contributed by atoms with Crippen LogP contribution in [0.4, 0.5) is 5.69 Å². The molecular formula is C34H53BrN2O4. The summed E-state index contributed by atoms with van der Waals surface area (Å²) in [6.45, 7) is 10.3. The minimum Gasteiger partial charge on any atom is -1.00 e. The Morgan fingerprint density at radius 1 is 0.732 bits per heavy atom. The molecule has 0 bridgehead atoms. The molecule has 0 aliphatic rings. The zero-order chi connectivity index (χ0) is 29.1. The van der Waals surface area contributed by atoms with Crippen LogP contribution in [0.15, 0.2) is 48.5 Å². The standard InChI is InChI=1S/C34H52N2O4.BrH/c1-5-8-9-10-11-12-13-14-15-16-19-27-39-32-21-18-17-20-31(32)33(37)35-30-24-22-29(23-25-30)34(38)40-28-26-36(4,6-2)7-3;/h17-18,20-25H,5-16,19,26-28H2,1-4H3;1H. The van der Waals surface area contributed by atoms with Gasteiger partial charge in [0.25, 0.3) is 5.91 Å². The number of quaternary nitrogens is 1. The first kappa shape index (κ1) is 36.6. The summed E-state index contributed by atoms with van der Waals surface area (Å²) in [5.74, 6) is 0.00988. The summed E-state index contributed by atoms with van der Waals surface area (Å²) < 4.78 is 12.3. The third-order valence-electron chi connectivity index (χ3n) is 7.91. The van der Waals surface area contributed by atoms with Crippen molar-refractivity contribution < 1.29 is 40.5 Å². The molecule has 0 aliphatic carbocycles. The number of para-hydroxylation sites is 1. The molecule has 6 nitrogen and oxygen atoms in total. The summed E-state index contributed by atoms with van der Waals surface area (Å²) >= 11 is 0. The number of unbranched alkanes of at least 4 members (excludes halogenated alkanes) is 10. The van der Waals surface area contributed by atoms with E-state index in [9.17, 15) is 9.59 Å². The van der Waals surface area contributed by atoms with Gasteiger partial charge in [0, 0.05) is 5.69 Å². The molecule has 0 saturated heterocycles. The van der Waals surface area contributed by atoms with Crippen LogP contribution in [0.25, 0.3) is 0 Å². The van der Waals surface area contributed by atoms with Crippen LogP contribution in [-0.2, 0) is 4.74 Å². The fraction of sp³-hybridized carbons (Fsp3) is 0.588. The van der Waals surface area contributed by atoms with Gasteiger partial charge in [-0.2, -0.15) is 0 Å². The number of rotatable bonds is 21. The number of likely N-dealkylation sites (N-methyl/N-ethyl adjacent to an activating group) is 1. The zero-order valence-electron chi connectivity index (χ0n) is 25.9. The minimum atomic E-state index is -0.349. The molecule has 0 fully saturated rings. The van der Waals surface area contributed by atoms with E-state index < -0.39 is 0 Å². The predicted octanol–water partition coefficient (Wildman–Crippen LogP) is 5.28. The van der Waals surface area contributed by atoms with Gasteiger partial charge in [-0.25, -0.2) is 4.79 Å². The number of amides is 1. The molecule has 41 heavy (non-hydrogen) atoms. The van der Waals surface area contributed by atoms with Crippen molar-refractivity contribution in [2.75, 3.05) is 45.2 Å². The van der Waals surface area contributed by atoms with Gasteiger partial charge in [-0.1, -0.05) is 83.3 Å². The molecule has 230 valence electrons. The van der Waals surface area contributed by atoms with Crippen LogP contribution in [0, 0.1) is 0 Å². The second-order valence-electron chi connectivity index (χ2n) is 11.0. The third kappa shape index (κ3) is 14.4. The van der Waals surface area contributed by atoms with Crippen molar-refractivity contribution in [3.8, 4) is 5.75 Å². The Morgan fingerprint density at radius 2 is 1.29 bits per heavy atom. The lowest BCUT2D eigenvalue weighted by Crippen LogP contribution is -3.00. The van der Waals surface area contributed by atoms with Gasteiger partial charge in [0.2, 0.25) is 0 Å². The molecule has 7 heteroatoms. The molecule has 1 N–H and O–H groups in total. The Bertz CT molecular complexity index is 992. The SMILES string of the molecule is CCCCCCCCCCCCCOc1ccccc1C(=O)Nc1ccc(C(=O)OCC[N+](C)(CC)CC)cc1.[Br-]. The highest BCUT2D eigenvalue weighted by Crippen LogP contribution is 2.21. The Kier molecular flexibility index (Phi) is 19.1. The van der Waals surface area contributed by atoms with E-state index in [1.807, 2.05) is 18.2 Å². The lowest BCUT2D eigenvalue weighted by molar-refractivity contribution is -0.906. The summed E-state index contributed by atoms with van der Waals surface area (Å²) in [6.07, 6.45) is 14.2. The number of carbonyl (C=O) groups is 2. The third-order valence-corrected chi connectivity index (χ3v) is 7.91. The topological polar surface area (TPSA) is 64.6 Å². The van der Waals surface area contributed by atoms with Crippen LogP contribution < -0.4 is 27.0 Å². The van der Waals surface area contributed by atoms with Crippen LogP contribution in [0.1, 0.15) is 112 Å². The maximum absolute atomic E-state index is 13.0. The van der Waals surface area contributed by atoms with Crippen molar-refractivity contribution in [3.05, 3.63) is 59.7 Å². The molecule has 0 saturated carbocycles. The van der Waals surface area contributed by atoms with E-state index in [0.29, 0.717) is 35.8 Å². The van der Waals surface area contributed by atoms with Crippen molar-refractivity contribution in [1.82, 2.24) is 0 Å². The molecule has 0 heterocycles. The number of ether oxygens (including phenoxy) is 2. The number of nitrogens with zero attached hydrogens (tertiary/aromatic N) is 1. The summed E-state index contributed by atoms with van der Waals surface area (Å²) in [7, 11) is 2.16. The van der Waals surface area contributed by atoms with Gasteiger partial charge in [-0.3, -0.25) is 4.79 Å². The van der Waals surface area contributed by atoms with E-state index in [-0.39, 0.29) is 28.9 Å². The van der Waals surface area contributed by atoms with Crippen molar-refractivity contribution in [1.29, 1.82) is 0 Å². The highest BCUT2D eigenvalue weighted by molar-refractivity contribution is 6.06. The monoisotopic (exact) mass is 632 g/mol. The maximum atomic E-state index is 13.0. The Morgan fingerprint density at radius 3 is 1.88 bits per heavy atom. The second kappa shape index (κ2) is 21.3. The van der Waals surface area contributed by atoms with E-state index in [4.69, 9.17) is 9.47 Å². The van der Waals surface area contributed by atoms with Crippen molar-refractivity contribution in [2.45, 2.75) is 91.4 Å². The number of carbonyl (C=O) groups excluding carboxylic acids is 2. The van der Waals surface area contributed by atoms with Crippen molar-refractivity contribution >= 4 is 17.6 Å². The molecule has 2 aromatic rings. The molecule has 0 radical (unpaired) electrons. The number of hydrogen-bond acceptors (Lipinski definition) is 4. The molecule has 0 spiro atoms. The summed E-state index contributed by atoms with van der Waals surface area (Å²) in [5.41, 5.74) is 1.58. The van der Waals surface area contributed by atoms with Gasteiger partial charge in [-0.05, 0) is 56.7 Å². The molecule has 2 aromatic carbocycles. The summed E-state index contributed by atoms with van der Waals surface area (Å²) in [4.78, 5) is 25.4. The van der Waals surface area contributed by atoms with Gasteiger partial charge in [0.1, 0.15) is 18.9 Å². The minimum absolute atomic E-state index is 0. The van der Waals surface area contributed by atoms with Gasteiger partial charge in [0.15, 0.2) is 0 Å². The van der Waals surface area contributed by atoms with E-state index in [0.717, 1.165) is 37.0 Å². The van der Waals surface area contributed by atoms with Crippen LogP contribution in [0.3, 0.4) is 0 Å². The number of esters is 1. The molecule has 1 amide bonds. The number of halogens is 1. The lowest BCUT2D eigenvalue weighted by Gasteiger charge is -2.31. The van der Waals surface area contributed by atoms with E-state index >= 15 is 0 Å². The van der Waals surface area contributed by atoms with E-state index in [1.165, 1.54) is 57.8 Å². The van der Waals surface area contributed by atoms with Crippen LogP contribution in [0.2, 0.25) is 0 Å². The van der Waals surface area contributed by atoms with E-state index in [1.54, 1.807) is 30.3 Å². The largest absolute Gasteiger partial charge is 1.00 e. The molecule has 0 unspecified atom stereocenters. The fourth-order valence-corrected chi connectivity index (χ4v) is 4.60. The molecular weight excluding hydrogens is 580 g/mol. The predicted molar refractivity (Wildman–Crippen MR) is 165 cm³/mol. The molecule has 2 rings (SSSR count). The highest BCUT2D eigenvalue weighted by atomic mass is 79.9. The quantitative estimate of drug-likeness (QED) is 0.116. The average Bonchev–Trinajstić information content (AvgIpc) is 2.98. The zero-order valence-corrected chi connectivity index (χ0v) is 27.5. The number of benzene rings is 2. The highest BCUT2D eigenvalue weighted by Gasteiger charge is 2.18. The Labute approximate surface area is 259 Å². The van der Waals surface area contributed by atoms with Gasteiger partial charge >= 0.3 is 5.97 Å². The normalized spacial score (nSPS) is 11.0. The first-order chi connectivity index (χ1) is 19.4. The van der Waals surface area contributed by atoms with Crippen molar-refractivity contribution in [2.24, 2.45) is 0 Å². The number of hydrogen-bond donors (Lipinski definition) is 1. The van der Waals surface area contributed by atoms with Crippen LogP contribution in [0.5, 0.6) is 5.75 Å². The first-order valence-electron chi connectivity index (χ1n) is 15.6. The van der Waals surface area contributed by atoms with Crippen LogP contribution >= 0.6 is 0 Å². The van der Waals surface area contributed by atoms with Gasteiger partial charge in [0.05, 0.1) is 37.9 Å². The number of anilines is 1. The molecule has 0 aromatic heterocycles. The Balaban J connectivity index is 0.00000840. The average molecular weight is 634 g/mol. The second-order valence-corrected chi connectivity index (χ2v) is 11.0. The first-order valence-corrected chi connectivity index (χ1v) is 15.6. The molecule has 0 aliphatic heterocycles. The van der Waals surface area contributed by atoms with E-state index in [2.05, 4.69) is 33.1 Å².